The maximum atomic E-state index is 14.6. The Morgan fingerprint density at radius 3 is 2.29 bits per heavy atom. The molecule has 0 aliphatic carbocycles. The number of anilines is 1. The molecule has 0 radical (unpaired) electrons. The van der Waals surface area contributed by atoms with Crippen molar-refractivity contribution in [2.45, 2.75) is 50.1 Å². The van der Waals surface area contributed by atoms with Crippen LogP contribution in [0.1, 0.15) is 44.6 Å². The first-order chi connectivity index (χ1) is 18.2. The number of aromatic nitrogens is 3. The summed E-state index contributed by atoms with van der Waals surface area (Å²) in [6.07, 6.45) is 5.49. The van der Waals surface area contributed by atoms with Gasteiger partial charge < -0.3 is 14.4 Å². The lowest BCUT2D eigenvalue weighted by Crippen LogP contribution is -2.47. The lowest BCUT2D eigenvalue weighted by atomic mass is 9.71. The lowest BCUT2D eigenvalue weighted by molar-refractivity contribution is 0.0171. The molecule has 2 aliphatic heterocycles. The normalized spacial score (nSPS) is 18.3. The van der Waals surface area contributed by atoms with Crippen molar-refractivity contribution in [3.8, 4) is 11.4 Å². The van der Waals surface area contributed by atoms with E-state index in [1.54, 1.807) is 11.8 Å². The molecule has 0 atom stereocenters. The second-order valence-corrected chi connectivity index (χ2v) is 11.9. The molecule has 1 aromatic heterocycles. The van der Waals surface area contributed by atoms with Crippen molar-refractivity contribution in [1.29, 1.82) is 0 Å². The Balaban J connectivity index is 1.05. The Morgan fingerprint density at radius 1 is 0.947 bits per heavy atom. The smallest absolute Gasteiger partial charge is 0.270 e. The van der Waals surface area contributed by atoms with Gasteiger partial charge in [0.25, 0.3) is 5.92 Å². The van der Waals surface area contributed by atoms with Gasteiger partial charge in [-0.1, -0.05) is 48.2 Å². The van der Waals surface area contributed by atoms with Crippen LogP contribution in [0.3, 0.4) is 0 Å². The summed E-state index contributed by atoms with van der Waals surface area (Å²) < 4.78 is 43.8. The number of hydrogen-bond acceptors (Lipinski definition) is 5. The minimum atomic E-state index is -3.03. The Labute approximate surface area is 227 Å². The number of alkyl halides is 2. The number of likely N-dealkylation sites (tertiary alicyclic amines) is 1. The van der Waals surface area contributed by atoms with Crippen LogP contribution in [0.25, 0.3) is 11.4 Å². The first-order valence-electron chi connectivity index (χ1n) is 13.5. The van der Waals surface area contributed by atoms with Crippen molar-refractivity contribution in [2.75, 3.05) is 43.4 Å². The lowest BCUT2D eigenvalue weighted by Gasteiger charge is -2.47. The van der Waals surface area contributed by atoms with Crippen molar-refractivity contribution in [3.05, 3.63) is 59.9 Å². The molecule has 3 aromatic rings. The summed E-state index contributed by atoms with van der Waals surface area (Å²) >= 11 is 1.76. The van der Waals surface area contributed by atoms with Gasteiger partial charge in [-0.15, -0.1) is 10.2 Å². The zero-order valence-electron chi connectivity index (χ0n) is 22.2. The van der Waals surface area contributed by atoms with Gasteiger partial charge in [0.2, 0.25) is 0 Å². The maximum absolute atomic E-state index is 14.6. The molecule has 204 valence electrons. The van der Waals surface area contributed by atoms with Crippen molar-refractivity contribution in [2.24, 2.45) is 12.5 Å². The highest BCUT2D eigenvalue weighted by molar-refractivity contribution is 7.99. The summed E-state index contributed by atoms with van der Waals surface area (Å²) in [5.41, 5.74) is 1.57. The summed E-state index contributed by atoms with van der Waals surface area (Å²) in [5.74, 6) is -1.68. The second-order valence-electron chi connectivity index (χ2n) is 10.8. The fraction of sp³-hybridized carbons (Fsp3) is 0.517. The molecule has 2 fully saturated rings. The van der Waals surface area contributed by atoms with E-state index >= 15 is 0 Å². The molecule has 3 heterocycles. The van der Waals surface area contributed by atoms with E-state index in [1.807, 2.05) is 30.1 Å². The molecule has 0 N–H and O–H groups in total. The van der Waals surface area contributed by atoms with Crippen LogP contribution in [0.2, 0.25) is 0 Å². The zero-order valence-corrected chi connectivity index (χ0v) is 23.0. The van der Waals surface area contributed by atoms with E-state index in [1.165, 1.54) is 25.0 Å². The number of piperidine rings is 2. The number of rotatable bonds is 8. The SMILES string of the molecule is Cn1c(SCCCN2CCC3(CC2)CCN(c2ccc(C(C)(F)F)cc2F)CC3)nnc1-c1ccccc1. The van der Waals surface area contributed by atoms with E-state index in [0.717, 1.165) is 87.3 Å². The Morgan fingerprint density at radius 2 is 1.63 bits per heavy atom. The number of hydrogen-bond donors (Lipinski definition) is 0. The van der Waals surface area contributed by atoms with Crippen molar-refractivity contribution >= 4 is 17.4 Å². The zero-order chi connectivity index (χ0) is 26.8. The van der Waals surface area contributed by atoms with Crippen LogP contribution in [-0.2, 0) is 13.0 Å². The Hall–Kier alpha value is -2.52. The monoisotopic (exact) mass is 543 g/mol. The van der Waals surface area contributed by atoms with Crippen LogP contribution in [0.5, 0.6) is 0 Å². The van der Waals surface area contributed by atoms with Crippen LogP contribution in [-0.4, -0.2) is 58.1 Å². The number of benzene rings is 2. The maximum Gasteiger partial charge on any atom is 0.270 e. The number of nitrogens with zero attached hydrogens (tertiary/aromatic N) is 5. The van der Waals surface area contributed by atoms with Gasteiger partial charge in [-0.05, 0) is 69.3 Å². The predicted octanol–water partition coefficient (Wildman–Crippen LogP) is 6.60. The number of halogens is 3. The average molecular weight is 544 g/mol. The third-order valence-corrected chi connectivity index (χ3v) is 9.36. The molecule has 0 bridgehead atoms. The summed E-state index contributed by atoms with van der Waals surface area (Å²) in [7, 11) is 2.02. The van der Waals surface area contributed by atoms with Gasteiger partial charge >= 0.3 is 0 Å². The van der Waals surface area contributed by atoms with Crippen molar-refractivity contribution < 1.29 is 13.2 Å². The van der Waals surface area contributed by atoms with Gasteiger partial charge in [0, 0.05) is 43.9 Å². The molecule has 2 saturated heterocycles. The molecule has 38 heavy (non-hydrogen) atoms. The molecule has 0 amide bonds. The molecule has 5 nitrogen and oxygen atoms in total. The minimum absolute atomic E-state index is 0.272. The Bertz CT molecular complexity index is 1210. The second kappa shape index (κ2) is 11.3. The predicted molar refractivity (Wildman–Crippen MR) is 147 cm³/mol. The molecule has 9 heteroatoms. The van der Waals surface area contributed by atoms with Gasteiger partial charge in [-0.25, -0.2) is 13.2 Å². The molecule has 0 unspecified atom stereocenters. The summed E-state index contributed by atoms with van der Waals surface area (Å²) in [5, 5.41) is 9.70. The largest absolute Gasteiger partial charge is 0.369 e. The van der Waals surface area contributed by atoms with Crippen LogP contribution < -0.4 is 4.90 Å². The minimum Gasteiger partial charge on any atom is -0.369 e. The first kappa shape index (κ1) is 27.1. The van der Waals surface area contributed by atoms with Gasteiger partial charge in [0.05, 0.1) is 5.69 Å². The highest BCUT2D eigenvalue weighted by Crippen LogP contribution is 2.43. The first-order valence-corrected chi connectivity index (χ1v) is 14.5. The van der Waals surface area contributed by atoms with E-state index in [9.17, 15) is 13.2 Å². The Kier molecular flexibility index (Phi) is 8.05. The van der Waals surface area contributed by atoms with E-state index in [4.69, 9.17) is 0 Å². The molecular weight excluding hydrogens is 507 g/mol. The quantitative estimate of drug-likeness (QED) is 0.236. The van der Waals surface area contributed by atoms with Gasteiger partial charge in [0.15, 0.2) is 11.0 Å². The van der Waals surface area contributed by atoms with E-state index < -0.39 is 11.7 Å². The molecular formula is C29H36F3N5S. The topological polar surface area (TPSA) is 37.2 Å². The van der Waals surface area contributed by atoms with Crippen molar-refractivity contribution in [3.63, 3.8) is 0 Å². The molecule has 2 aliphatic rings. The summed E-state index contributed by atoms with van der Waals surface area (Å²) in [6.45, 7) is 5.63. The highest BCUT2D eigenvalue weighted by Gasteiger charge is 2.38. The molecule has 1 spiro atoms. The summed E-state index contributed by atoms with van der Waals surface area (Å²) in [4.78, 5) is 4.59. The van der Waals surface area contributed by atoms with Crippen LogP contribution in [0.15, 0.2) is 53.7 Å². The van der Waals surface area contributed by atoms with Gasteiger partial charge in [0.1, 0.15) is 5.82 Å². The fourth-order valence-electron chi connectivity index (χ4n) is 5.74. The fourth-order valence-corrected chi connectivity index (χ4v) is 6.57. The van der Waals surface area contributed by atoms with E-state index in [0.29, 0.717) is 11.1 Å². The van der Waals surface area contributed by atoms with Gasteiger partial charge in [-0.2, -0.15) is 0 Å². The summed E-state index contributed by atoms with van der Waals surface area (Å²) in [6, 6.07) is 14.0. The molecule has 2 aromatic carbocycles. The molecule has 0 saturated carbocycles. The van der Waals surface area contributed by atoms with Gasteiger partial charge in [-0.3, -0.25) is 0 Å². The third-order valence-electron chi connectivity index (χ3n) is 8.25. The average Bonchev–Trinajstić information content (AvgIpc) is 3.28. The third kappa shape index (κ3) is 6.04. The standard InChI is InChI=1S/C29H36F3N5S/c1-28(31,32)23-9-10-25(24(30)21-23)37-18-13-29(14-19-37)11-16-36(17-12-29)15-6-20-38-27-34-33-26(35(27)2)22-7-4-3-5-8-22/h3-5,7-10,21H,6,11-20H2,1-2H3. The van der Waals surface area contributed by atoms with Crippen LogP contribution in [0.4, 0.5) is 18.9 Å². The molecule has 5 rings (SSSR count). The van der Waals surface area contributed by atoms with Crippen LogP contribution >= 0.6 is 11.8 Å². The van der Waals surface area contributed by atoms with E-state index in [2.05, 4.69) is 31.8 Å². The number of thioether (sulfide) groups is 1. The highest BCUT2D eigenvalue weighted by atomic mass is 32.2. The van der Waals surface area contributed by atoms with E-state index in [-0.39, 0.29) is 5.56 Å². The van der Waals surface area contributed by atoms with Crippen LogP contribution in [0, 0.1) is 11.2 Å². The van der Waals surface area contributed by atoms with Crippen molar-refractivity contribution in [1.82, 2.24) is 19.7 Å².